The van der Waals surface area contributed by atoms with E-state index >= 15 is 0 Å². The van der Waals surface area contributed by atoms with Crippen LogP contribution in [0.3, 0.4) is 0 Å². The van der Waals surface area contributed by atoms with E-state index in [1.807, 2.05) is 0 Å². The molecule has 0 spiro atoms. The molecule has 0 saturated heterocycles. The van der Waals surface area contributed by atoms with Crippen LogP contribution in [0.25, 0.3) is 0 Å². The summed E-state index contributed by atoms with van der Waals surface area (Å²) >= 11 is 3.14. The van der Waals surface area contributed by atoms with E-state index in [1.54, 1.807) is 0 Å². The van der Waals surface area contributed by atoms with Crippen LogP contribution < -0.4 is 5.32 Å². The van der Waals surface area contributed by atoms with Crippen LogP contribution in [0.2, 0.25) is 0 Å². The van der Waals surface area contributed by atoms with Crippen LogP contribution in [0, 0.1) is 17.6 Å². The summed E-state index contributed by atoms with van der Waals surface area (Å²) in [5.41, 5.74) is 0.231. The Morgan fingerprint density at radius 1 is 1.25 bits per heavy atom. The summed E-state index contributed by atoms with van der Waals surface area (Å²) in [6, 6.07) is 3.17. The van der Waals surface area contributed by atoms with Crippen molar-refractivity contribution in [3.63, 3.8) is 0 Å². The summed E-state index contributed by atoms with van der Waals surface area (Å²) in [5.74, 6) is -0.538. The Morgan fingerprint density at radius 3 is 2.75 bits per heavy atom. The second kappa shape index (κ2) is 7.51. The summed E-state index contributed by atoms with van der Waals surface area (Å²) in [4.78, 5) is 0. The van der Waals surface area contributed by atoms with Gasteiger partial charge in [-0.15, -0.1) is 0 Å². The molecule has 1 aliphatic carbocycles. The largest absolute Gasteiger partial charge is 0.314 e. The smallest absolute Gasteiger partial charge is 0.143 e. The highest BCUT2D eigenvalue weighted by atomic mass is 79.9. The third-order valence-corrected chi connectivity index (χ3v) is 4.78. The van der Waals surface area contributed by atoms with Gasteiger partial charge in [0.15, 0.2) is 0 Å². The first kappa shape index (κ1) is 15.9. The maximum atomic E-state index is 14.1. The Bertz CT molecular complexity index is 450. The monoisotopic (exact) mass is 345 g/mol. The van der Waals surface area contributed by atoms with Crippen molar-refractivity contribution >= 4 is 15.9 Å². The molecule has 0 amide bonds. The maximum absolute atomic E-state index is 14.1. The van der Waals surface area contributed by atoms with E-state index in [1.165, 1.54) is 18.6 Å². The third-order valence-electron chi connectivity index (χ3n) is 4.17. The zero-order chi connectivity index (χ0) is 14.5. The molecule has 2 unspecified atom stereocenters. The Hall–Kier alpha value is -0.480. The van der Waals surface area contributed by atoms with Crippen LogP contribution in [-0.2, 0) is 6.42 Å². The molecule has 1 aromatic rings. The second-order valence-corrected chi connectivity index (χ2v) is 6.49. The van der Waals surface area contributed by atoms with Gasteiger partial charge in [0.1, 0.15) is 11.6 Å². The van der Waals surface area contributed by atoms with Crippen LogP contribution in [0.15, 0.2) is 16.6 Å². The molecule has 2 rings (SSSR count). The van der Waals surface area contributed by atoms with Crippen molar-refractivity contribution in [1.29, 1.82) is 0 Å². The normalized spacial score (nSPS) is 23.0. The molecule has 1 fully saturated rings. The predicted molar refractivity (Wildman–Crippen MR) is 81.8 cm³/mol. The fourth-order valence-corrected chi connectivity index (χ4v) is 3.44. The number of halogens is 3. The summed E-state index contributed by atoms with van der Waals surface area (Å²) in [6.45, 7) is 3.11. The predicted octanol–water partition coefficient (Wildman–Crippen LogP) is 4.83. The quantitative estimate of drug-likeness (QED) is 0.753. The minimum atomic E-state index is -0.440. The molecule has 1 saturated carbocycles. The Balaban J connectivity index is 2.12. The topological polar surface area (TPSA) is 12.0 Å². The van der Waals surface area contributed by atoms with Crippen molar-refractivity contribution in [3.8, 4) is 0 Å². The zero-order valence-electron chi connectivity index (χ0n) is 11.9. The van der Waals surface area contributed by atoms with Crippen molar-refractivity contribution in [1.82, 2.24) is 5.32 Å². The highest BCUT2D eigenvalue weighted by Crippen LogP contribution is 2.31. The molecule has 1 nitrogen and oxygen atoms in total. The molecule has 20 heavy (non-hydrogen) atoms. The Morgan fingerprint density at radius 2 is 2.00 bits per heavy atom. The standard InChI is InChI=1S/C16H22BrF2N/c1-2-9-20-15-6-4-3-5-11(15)10-12-14(18)8-7-13(17)16(12)19/h7-8,11,15,20H,2-6,9-10H2,1H3. The number of rotatable bonds is 5. The molecule has 0 heterocycles. The molecule has 4 heteroatoms. The highest BCUT2D eigenvalue weighted by Gasteiger charge is 2.27. The average molecular weight is 346 g/mol. The second-order valence-electron chi connectivity index (χ2n) is 5.63. The molecule has 1 aromatic carbocycles. The van der Waals surface area contributed by atoms with Crippen LogP contribution in [-0.4, -0.2) is 12.6 Å². The van der Waals surface area contributed by atoms with Gasteiger partial charge in [-0.25, -0.2) is 8.78 Å². The molecule has 2 atom stereocenters. The van der Waals surface area contributed by atoms with Crippen LogP contribution >= 0.6 is 15.9 Å². The lowest BCUT2D eigenvalue weighted by atomic mass is 9.80. The highest BCUT2D eigenvalue weighted by molar-refractivity contribution is 9.10. The first-order valence-electron chi connectivity index (χ1n) is 7.49. The summed E-state index contributed by atoms with van der Waals surface area (Å²) in [6.07, 6.45) is 6.10. The summed E-state index contributed by atoms with van der Waals surface area (Å²) in [7, 11) is 0. The van der Waals surface area contributed by atoms with Crippen LogP contribution in [0.5, 0.6) is 0 Å². The first-order valence-corrected chi connectivity index (χ1v) is 8.28. The first-order chi connectivity index (χ1) is 9.63. The van der Waals surface area contributed by atoms with Crippen molar-refractivity contribution < 1.29 is 8.78 Å². The summed E-state index contributed by atoms with van der Waals surface area (Å²) in [5, 5.41) is 3.54. The number of benzene rings is 1. The minimum Gasteiger partial charge on any atom is -0.314 e. The van der Waals surface area contributed by atoms with Gasteiger partial charge < -0.3 is 5.32 Å². The van der Waals surface area contributed by atoms with Gasteiger partial charge in [0.05, 0.1) is 4.47 Å². The van der Waals surface area contributed by atoms with Crippen LogP contribution in [0.1, 0.15) is 44.6 Å². The Kier molecular flexibility index (Phi) is 5.97. The van der Waals surface area contributed by atoms with Gasteiger partial charge in [0.25, 0.3) is 0 Å². The molecule has 1 N–H and O–H groups in total. The van der Waals surface area contributed by atoms with E-state index in [-0.39, 0.29) is 5.56 Å². The van der Waals surface area contributed by atoms with Gasteiger partial charge in [-0.1, -0.05) is 19.8 Å². The zero-order valence-corrected chi connectivity index (χ0v) is 13.5. The van der Waals surface area contributed by atoms with Gasteiger partial charge in [-0.2, -0.15) is 0 Å². The number of hydrogen-bond acceptors (Lipinski definition) is 1. The van der Waals surface area contributed by atoms with Crippen LogP contribution in [0.4, 0.5) is 8.78 Å². The molecule has 112 valence electrons. The summed E-state index contributed by atoms with van der Waals surface area (Å²) < 4.78 is 28.3. The molecule has 0 aromatic heterocycles. The average Bonchev–Trinajstić information content (AvgIpc) is 2.46. The minimum absolute atomic E-state index is 0.231. The molecule has 0 aliphatic heterocycles. The van der Waals surface area contributed by atoms with E-state index in [0.29, 0.717) is 22.9 Å². The lowest BCUT2D eigenvalue weighted by Gasteiger charge is -2.32. The molecule has 1 aliphatic rings. The van der Waals surface area contributed by atoms with Crippen molar-refractivity contribution in [2.24, 2.45) is 5.92 Å². The van der Waals surface area contributed by atoms with Crippen molar-refractivity contribution in [3.05, 3.63) is 33.8 Å². The Labute approximate surface area is 128 Å². The molecular weight excluding hydrogens is 324 g/mol. The maximum Gasteiger partial charge on any atom is 0.143 e. The molecular formula is C16H22BrF2N. The lowest BCUT2D eigenvalue weighted by molar-refractivity contribution is 0.257. The van der Waals surface area contributed by atoms with Gasteiger partial charge >= 0.3 is 0 Å². The fourth-order valence-electron chi connectivity index (χ4n) is 3.07. The lowest BCUT2D eigenvalue weighted by Crippen LogP contribution is -2.40. The van der Waals surface area contributed by atoms with Gasteiger partial charge in [-0.3, -0.25) is 0 Å². The van der Waals surface area contributed by atoms with E-state index in [2.05, 4.69) is 28.2 Å². The molecule has 0 radical (unpaired) electrons. The number of hydrogen-bond donors (Lipinski definition) is 1. The van der Waals surface area contributed by atoms with Gasteiger partial charge in [0, 0.05) is 11.6 Å². The SMILES string of the molecule is CCCNC1CCCCC1Cc1c(F)ccc(Br)c1F. The van der Waals surface area contributed by atoms with Crippen molar-refractivity contribution in [2.75, 3.05) is 6.54 Å². The van der Waals surface area contributed by atoms with E-state index in [9.17, 15) is 8.78 Å². The van der Waals surface area contributed by atoms with Gasteiger partial charge in [0.2, 0.25) is 0 Å². The van der Waals surface area contributed by atoms with E-state index in [0.717, 1.165) is 32.2 Å². The van der Waals surface area contributed by atoms with E-state index < -0.39 is 11.6 Å². The van der Waals surface area contributed by atoms with E-state index in [4.69, 9.17) is 0 Å². The van der Waals surface area contributed by atoms with Crippen molar-refractivity contribution in [2.45, 2.75) is 51.5 Å². The third kappa shape index (κ3) is 3.79. The number of nitrogens with one attached hydrogen (secondary N) is 1. The fraction of sp³-hybridized carbons (Fsp3) is 0.625. The van der Waals surface area contributed by atoms with Gasteiger partial charge in [-0.05, 0) is 66.2 Å². The molecule has 0 bridgehead atoms.